The van der Waals surface area contributed by atoms with Crippen molar-refractivity contribution < 1.29 is 9.59 Å². The second-order valence-corrected chi connectivity index (χ2v) is 7.33. The molecular formula is C14H22BrNO2. The van der Waals surface area contributed by atoms with Gasteiger partial charge in [0.25, 0.3) is 0 Å². The van der Waals surface area contributed by atoms with Crippen molar-refractivity contribution in [1.82, 2.24) is 5.32 Å². The standard InChI is InChI=1S/C14H22BrNO2/c1-5-8-16-11(18)14-7-6-13(4,12(14,2)3)10(17)9(14)15/h9H,5-8H2,1-4H3,(H,16,18)/t9-,13-,14+/m0/s1. The molecule has 0 heterocycles. The van der Waals surface area contributed by atoms with Gasteiger partial charge < -0.3 is 5.32 Å². The van der Waals surface area contributed by atoms with Crippen molar-refractivity contribution in [2.45, 2.75) is 51.8 Å². The van der Waals surface area contributed by atoms with Gasteiger partial charge in [0.15, 0.2) is 5.78 Å². The average molecular weight is 316 g/mol. The first-order valence-electron chi connectivity index (χ1n) is 6.72. The summed E-state index contributed by atoms with van der Waals surface area (Å²) in [5.74, 6) is 0.246. The molecule has 4 heteroatoms. The lowest BCUT2D eigenvalue weighted by molar-refractivity contribution is -0.135. The number of nitrogens with one attached hydrogen (secondary N) is 1. The number of ketones is 1. The van der Waals surface area contributed by atoms with Gasteiger partial charge in [-0.1, -0.05) is 43.6 Å². The van der Waals surface area contributed by atoms with Crippen LogP contribution in [0, 0.1) is 16.2 Å². The number of hydrogen-bond donors (Lipinski definition) is 1. The minimum absolute atomic E-state index is 0.0470. The average Bonchev–Trinajstić information content (AvgIpc) is 2.59. The number of amides is 1. The molecule has 0 unspecified atom stereocenters. The minimum atomic E-state index is -0.575. The maximum Gasteiger partial charge on any atom is 0.228 e. The molecule has 0 aromatic rings. The quantitative estimate of drug-likeness (QED) is 0.814. The Morgan fingerprint density at radius 2 is 2.00 bits per heavy atom. The molecule has 0 saturated heterocycles. The van der Waals surface area contributed by atoms with Crippen molar-refractivity contribution in [2.75, 3.05) is 6.54 Å². The molecule has 0 radical (unpaired) electrons. The zero-order valence-corrected chi connectivity index (χ0v) is 13.2. The molecule has 2 fully saturated rings. The van der Waals surface area contributed by atoms with Crippen molar-refractivity contribution in [3.8, 4) is 0 Å². The van der Waals surface area contributed by atoms with E-state index >= 15 is 0 Å². The Balaban J connectivity index is 2.43. The maximum absolute atomic E-state index is 12.6. The first-order valence-corrected chi connectivity index (χ1v) is 7.64. The van der Waals surface area contributed by atoms with E-state index in [0.29, 0.717) is 6.54 Å². The fraction of sp³-hybridized carbons (Fsp3) is 0.857. The lowest BCUT2D eigenvalue weighted by Crippen LogP contribution is -2.50. The van der Waals surface area contributed by atoms with E-state index in [1.807, 2.05) is 13.8 Å². The van der Waals surface area contributed by atoms with Crippen LogP contribution in [0.3, 0.4) is 0 Å². The lowest BCUT2D eigenvalue weighted by Gasteiger charge is -2.39. The molecule has 2 bridgehead atoms. The zero-order chi connectivity index (χ0) is 13.8. The summed E-state index contributed by atoms with van der Waals surface area (Å²) in [5, 5.41) is 3.00. The van der Waals surface area contributed by atoms with Crippen LogP contribution < -0.4 is 5.32 Å². The second kappa shape index (κ2) is 4.06. The molecule has 0 aliphatic heterocycles. The summed E-state index contributed by atoms with van der Waals surface area (Å²) in [5.41, 5.74) is -1.23. The van der Waals surface area contributed by atoms with Crippen LogP contribution in [0.1, 0.15) is 47.0 Å². The van der Waals surface area contributed by atoms with Crippen LogP contribution in [0.25, 0.3) is 0 Å². The van der Waals surface area contributed by atoms with E-state index in [4.69, 9.17) is 0 Å². The number of rotatable bonds is 3. The number of carbonyl (C=O) groups is 2. The Labute approximate surface area is 117 Å². The summed E-state index contributed by atoms with van der Waals surface area (Å²) in [4.78, 5) is 24.7. The van der Waals surface area contributed by atoms with E-state index in [1.54, 1.807) is 0 Å². The largest absolute Gasteiger partial charge is 0.356 e. The SMILES string of the molecule is CCCNC(=O)[C@@]12CC[C@@](C)(C(=O)[C@@H]1Br)C2(C)C. The van der Waals surface area contributed by atoms with Crippen LogP contribution >= 0.6 is 15.9 Å². The number of Topliss-reactive ketones (excluding diaryl/α,β-unsaturated/α-hetero) is 1. The Morgan fingerprint density at radius 1 is 1.39 bits per heavy atom. The van der Waals surface area contributed by atoms with Gasteiger partial charge in [-0.15, -0.1) is 0 Å². The van der Waals surface area contributed by atoms with Crippen LogP contribution in [0.15, 0.2) is 0 Å². The van der Waals surface area contributed by atoms with Gasteiger partial charge in [-0.05, 0) is 24.7 Å². The Bertz CT molecular complexity index is 407. The summed E-state index contributed by atoms with van der Waals surface area (Å²) >= 11 is 3.51. The van der Waals surface area contributed by atoms with Crippen LogP contribution in [-0.4, -0.2) is 23.1 Å². The minimum Gasteiger partial charge on any atom is -0.356 e. The first kappa shape index (κ1) is 14.0. The van der Waals surface area contributed by atoms with Crippen molar-refractivity contribution >= 4 is 27.6 Å². The molecule has 1 N–H and O–H groups in total. The van der Waals surface area contributed by atoms with Gasteiger partial charge in [0.05, 0.1) is 10.2 Å². The number of carbonyl (C=O) groups excluding carboxylic acids is 2. The number of fused-ring (bicyclic) bond motifs is 2. The van der Waals surface area contributed by atoms with Gasteiger partial charge in [-0.3, -0.25) is 9.59 Å². The van der Waals surface area contributed by atoms with Gasteiger partial charge in [0, 0.05) is 12.0 Å². The van der Waals surface area contributed by atoms with E-state index in [-0.39, 0.29) is 27.3 Å². The topological polar surface area (TPSA) is 46.2 Å². The van der Waals surface area contributed by atoms with Gasteiger partial charge in [0.2, 0.25) is 5.91 Å². The molecule has 2 saturated carbocycles. The summed E-state index contributed by atoms with van der Waals surface area (Å²) in [6.07, 6.45) is 2.54. The van der Waals surface area contributed by atoms with Crippen molar-refractivity contribution in [3.05, 3.63) is 0 Å². The van der Waals surface area contributed by atoms with E-state index < -0.39 is 5.41 Å². The van der Waals surface area contributed by atoms with Crippen molar-refractivity contribution in [2.24, 2.45) is 16.2 Å². The molecule has 18 heavy (non-hydrogen) atoms. The molecule has 2 aliphatic carbocycles. The molecule has 102 valence electrons. The van der Waals surface area contributed by atoms with E-state index in [9.17, 15) is 9.59 Å². The first-order chi connectivity index (χ1) is 8.25. The van der Waals surface area contributed by atoms with E-state index in [2.05, 4.69) is 35.1 Å². The molecule has 1 amide bonds. The van der Waals surface area contributed by atoms with Crippen LogP contribution in [-0.2, 0) is 9.59 Å². The third kappa shape index (κ3) is 1.30. The molecule has 0 aromatic carbocycles. The molecule has 2 rings (SSSR count). The van der Waals surface area contributed by atoms with Crippen LogP contribution in [0.4, 0.5) is 0 Å². The van der Waals surface area contributed by atoms with Crippen molar-refractivity contribution in [1.29, 1.82) is 0 Å². The Hall–Kier alpha value is -0.380. The predicted molar refractivity (Wildman–Crippen MR) is 74.6 cm³/mol. The molecule has 2 aliphatic rings. The van der Waals surface area contributed by atoms with E-state index in [1.165, 1.54) is 0 Å². The molecule has 3 nitrogen and oxygen atoms in total. The smallest absolute Gasteiger partial charge is 0.228 e. The highest BCUT2D eigenvalue weighted by atomic mass is 79.9. The highest BCUT2D eigenvalue weighted by Crippen LogP contribution is 2.72. The van der Waals surface area contributed by atoms with Crippen molar-refractivity contribution in [3.63, 3.8) is 0 Å². The van der Waals surface area contributed by atoms with Gasteiger partial charge in [0.1, 0.15) is 0 Å². The summed E-state index contributed by atoms with van der Waals surface area (Å²) in [7, 11) is 0. The Kier molecular flexibility index (Phi) is 3.16. The monoisotopic (exact) mass is 315 g/mol. The molecule has 0 aromatic heterocycles. The molecule has 0 spiro atoms. The number of halogens is 1. The predicted octanol–water partition coefficient (Wildman–Crippen LogP) is 2.67. The highest BCUT2D eigenvalue weighted by molar-refractivity contribution is 9.10. The van der Waals surface area contributed by atoms with Gasteiger partial charge in [-0.2, -0.15) is 0 Å². The van der Waals surface area contributed by atoms with Crippen LogP contribution in [0.2, 0.25) is 0 Å². The second-order valence-electron chi connectivity index (χ2n) is 6.41. The number of alkyl halides is 1. The lowest BCUT2D eigenvalue weighted by atomic mass is 9.64. The summed E-state index contributed by atoms with van der Waals surface area (Å²) in [6.45, 7) is 8.88. The fourth-order valence-electron chi connectivity index (χ4n) is 3.85. The normalized spacial score (nSPS) is 41.2. The Morgan fingerprint density at radius 3 is 2.44 bits per heavy atom. The zero-order valence-electron chi connectivity index (χ0n) is 11.6. The fourth-order valence-corrected chi connectivity index (χ4v) is 5.37. The molecular weight excluding hydrogens is 294 g/mol. The third-order valence-corrected chi connectivity index (χ3v) is 6.86. The number of hydrogen-bond acceptors (Lipinski definition) is 2. The summed E-state index contributed by atoms with van der Waals surface area (Å²) in [6, 6.07) is 0. The third-order valence-electron chi connectivity index (χ3n) is 5.66. The van der Waals surface area contributed by atoms with E-state index in [0.717, 1.165) is 19.3 Å². The highest BCUT2D eigenvalue weighted by Gasteiger charge is 2.76. The van der Waals surface area contributed by atoms with Crippen LogP contribution in [0.5, 0.6) is 0 Å². The maximum atomic E-state index is 12.6. The van der Waals surface area contributed by atoms with Gasteiger partial charge >= 0.3 is 0 Å². The molecule has 3 atom stereocenters. The summed E-state index contributed by atoms with van der Waals surface area (Å²) < 4.78 is 0. The van der Waals surface area contributed by atoms with Gasteiger partial charge in [-0.25, -0.2) is 0 Å².